The number of rotatable bonds is 5. The first-order chi connectivity index (χ1) is 26.5. The van der Waals surface area contributed by atoms with Gasteiger partial charge >= 0.3 is 0 Å². The predicted molar refractivity (Wildman–Crippen MR) is 223 cm³/mol. The number of allylic oxidation sites excluding steroid dienone is 4. The Balaban J connectivity index is 1.02. The standard InChI is InChI=1S/C51H39NO2/c1-51(2)44-30-29-42-40-14-7-9-18-47(40)54-50(42)48(44)43-28-27-37(31-45(43)51)52(35-23-19-33(20-24-35)32-11-4-3-5-12-32)36-25-21-34(22-26-36)38-15-10-16-41-39-13-6-8-17-46(39)53-49(38)41/h3-7,9-16,18-27,29-31,43H,8,17,28H2,1-2H3. The topological polar surface area (TPSA) is 29.5 Å². The Bertz CT molecular complexity index is 2860. The summed E-state index contributed by atoms with van der Waals surface area (Å²) in [6.07, 6.45) is 12.3. The fourth-order valence-electron chi connectivity index (χ4n) is 9.46. The summed E-state index contributed by atoms with van der Waals surface area (Å²) in [6.45, 7) is 4.76. The maximum atomic E-state index is 6.63. The lowest BCUT2D eigenvalue weighted by Crippen LogP contribution is -2.22. The molecule has 0 radical (unpaired) electrons. The smallest absolute Gasteiger partial charge is 0.142 e. The predicted octanol–water partition coefficient (Wildman–Crippen LogP) is 14.1. The van der Waals surface area contributed by atoms with E-state index in [1.54, 1.807) is 0 Å². The highest BCUT2D eigenvalue weighted by atomic mass is 16.3. The summed E-state index contributed by atoms with van der Waals surface area (Å²) in [5.41, 5.74) is 16.4. The highest BCUT2D eigenvalue weighted by Crippen LogP contribution is 2.57. The number of anilines is 2. The van der Waals surface area contributed by atoms with E-state index in [4.69, 9.17) is 8.83 Å². The van der Waals surface area contributed by atoms with Crippen LogP contribution in [0.2, 0.25) is 0 Å². The molecule has 0 amide bonds. The minimum absolute atomic E-state index is 0.143. The van der Waals surface area contributed by atoms with Crippen LogP contribution in [0.4, 0.5) is 11.4 Å². The molecule has 260 valence electrons. The van der Waals surface area contributed by atoms with E-state index in [1.807, 2.05) is 0 Å². The lowest BCUT2D eigenvalue weighted by Gasteiger charge is -2.33. The molecule has 2 heterocycles. The molecule has 1 unspecified atom stereocenters. The van der Waals surface area contributed by atoms with Crippen LogP contribution in [0.3, 0.4) is 0 Å². The molecule has 6 aromatic carbocycles. The van der Waals surface area contributed by atoms with Crippen LogP contribution in [0.1, 0.15) is 55.1 Å². The van der Waals surface area contributed by atoms with Crippen molar-refractivity contribution in [2.45, 2.75) is 44.4 Å². The van der Waals surface area contributed by atoms with Crippen LogP contribution in [0.15, 0.2) is 172 Å². The fourth-order valence-corrected chi connectivity index (χ4v) is 9.46. The van der Waals surface area contributed by atoms with Gasteiger partial charge in [0.25, 0.3) is 0 Å². The molecule has 0 spiro atoms. The van der Waals surface area contributed by atoms with Crippen LogP contribution < -0.4 is 4.90 Å². The Labute approximate surface area is 315 Å². The van der Waals surface area contributed by atoms with Gasteiger partial charge in [0.1, 0.15) is 22.5 Å². The van der Waals surface area contributed by atoms with Gasteiger partial charge in [-0.3, -0.25) is 0 Å². The van der Waals surface area contributed by atoms with Gasteiger partial charge in [-0.25, -0.2) is 0 Å². The zero-order chi connectivity index (χ0) is 36.0. The summed E-state index contributed by atoms with van der Waals surface area (Å²) in [5.74, 6) is 1.36. The van der Waals surface area contributed by atoms with Crippen molar-refractivity contribution >= 4 is 50.4 Å². The SMILES string of the molecule is CC1(C)C2=CC(N(c3ccc(-c4ccccc4)cc3)c3ccc(-c4cccc5c6c(oc45)CCC=C6)cc3)=CCC2c2c1ccc1c2oc2ccccc21. The van der Waals surface area contributed by atoms with Gasteiger partial charge in [-0.15, -0.1) is 0 Å². The molecule has 3 aliphatic carbocycles. The third-order valence-corrected chi connectivity index (χ3v) is 12.2. The molecular formula is C51H39NO2. The van der Waals surface area contributed by atoms with Crippen molar-refractivity contribution in [3.05, 3.63) is 185 Å². The molecule has 8 aromatic rings. The molecule has 11 rings (SSSR count). The molecule has 0 N–H and O–H groups in total. The maximum absolute atomic E-state index is 6.63. The molecule has 0 saturated heterocycles. The molecule has 0 saturated carbocycles. The second-order valence-electron chi connectivity index (χ2n) is 15.5. The number of hydrogen-bond donors (Lipinski definition) is 0. The third kappa shape index (κ3) is 4.67. The van der Waals surface area contributed by atoms with Crippen LogP contribution >= 0.6 is 0 Å². The van der Waals surface area contributed by atoms with Crippen LogP contribution in [-0.4, -0.2) is 0 Å². The molecule has 54 heavy (non-hydrogen) atoms. The van der Waals surface area contributed by atoms with Crippen LogP contribution in [0.5, 0.6) is 0 Å². The maximum Gasteiger partial charge on any atom is 0.142 e. The van der Waals surface area contributed by atoms with Gasteiger partial charge in [0, 0.05) is 67.7 Å². The zero-order valence-corrected chi connectivity index (χ0v) is 30.5. The quantitative estimate of drug-likeness (QED) is 0.179. The monoisotopic (exact) mass is 697 g/mol. The average molecular weight is 698 g/mol. The van der Waals surface area contributed by atoms with Crippen LogP contribution in [-0.2, 0) is 11.8 Å². The third-order valence-electron chi connectivity index (χ3n) is 12.2. The lowest BCUT2D eigenvalue weighted by molar-refractivity contribution is 0.547. The van der Waals surface area contributed by atoms with Crippen molar-refractivity contribution in [1.82, 2.24) is 0 Å². The molecular weight excluding hydrogens is 659 g/mol. The van der Waals surface area contributed by atoms with E-state index in [0.29, 0.717) is 0 Å². The van der Waals surface area contributed by atoms with Crippen molar-refractivity contribution in [2.75, 3.05) is 4.90 Å². The van der Waals surface area contributed by atoms with Crippen LogP contribution in [0.25, 0.3) is 61.2 Å². The molecule has 1 atom stereocenters. The summed E-state index contributed by atoms with van der Waals surface area (Å²) >= 11 is 0. The van der Waals surface area contributed by atoms with E-state index in [2.05, 4.69) is 177 Å². The second kappa shape index (κ2) is 11.8. The first-order valence-corrected chi connectivity index (χ1v) is 19.2. The lowest BCUT2D eigenvalue weighted by atomic mass is 9.78. The van der Waals surface area contributed by atoms with Gasteiger partial charge in [0.05, 0.1) is 0 Å². The van der Waals surface area contributed by atoms with Crippen molar-refractivity contribution in [3.63, 3.8) is 0 Å². The van der Waals surface area contributed by atoms with Gasteiger partial charge in [-0.1, -0.05) is 141 Å². The number of fused-ring (bicyclic) bond motifs is 10. The van der Waals surface area contributed by atoms with Crippen molar-refractivity contribution in [3.8, 4) is 22.3 Å². The van der Waals surface area contributed by atoms with E-state index < -0.39 is 0 Å². The van der Waals surface area contributed by atoms with Crippen LogP contribution in [0, 0.1) is 0 Å². The van der Waals surface area contributed by atoms with Crippen molar-refractivity contribution in [2.24, 2.45) is 0 Å². The zero-order valence-electron chi connectivity index (χ0n) is 30.5. The number of para-hydroxylation sites is 2. The number of furan rings is 2. The van der Waals surface area contributed by atoms with E-state index in [1.165, 1.54) is 55.2 Å². The summed E-state index contributed by atoms with van der Waals surface area (Å²) in [4.78, 5) is 2.43. The van der Waals surface area contributed by atoms with E-state index >= 15 is 0 Å². The van der Waals surface area contributed by atoms with Crippen molar-refractivity contribution < 1.29 is 8.83 Å². The molecule has 3 nitrogen and oxygen atoms in total. The number of hydrogen-bond acceptors (Lipinski definition) is 3. The fraction of sp³-hybridized carbons (Fsp3) is 0.137. The Morgan fingerprint density at radius 2 is 1.35 bits per heavy atom. The number of benzene rings is 6. The Hall–Kier alpha value is -6.32. The molecule has 3 aliphatic rings. The minimum atomic E-state index is -0.143. The molecule has 0 aliphatic heterocycles. The highest BCUT2D eigenvalue weighted by Gasteiger charge is 2.44. The van der Waals surface area contributed by atoms with Gasteiger partial charge in [-0.2, -0.15) is 0 Å². The summed E-state index contributed by atoms with van der Waals surface area (Å²) in [6, 6.07) is 48.2. The number of aryl methyl sites for hydroxylation is 1. The Kier molecular flexibility index (Phi) is 6.85. The van der Waals surface area contributed by atoms with Gasteiger partial charge in [0.15, 0.2) is 0 Å². The molecule has 0 bridgehead atoms. The first kappa shape index (κ1) is 31.2. The number of nitrogens with zero attached hydrogens (tertiary/aromatic N) is 1. The molecule has 2 aromatic heterocycles. The molecule has 3 heteroatoms. The van der Waals surface area contributed by atoms with Gasteiger partial charge < -0.3 is 13.7 Å². The molecule has 0 fully saturated rings. The first-order valence-electron chi connectivity index (χ1n) is 19.2. The second-order valence-corrected chi connectivity index (χ2v) is 15.5. The summed E-state index contributed by atoms with van der Waals surface area (Å²) in [5, 5.41) is 3.58. The van der Waals surface area contributed by atoms with Crippen molar-refractivity contribution in [1.29, 1.82) is 0 Å². The average Bonchev–Trinajstić information content (AvgIpc) is 3.87. The highest BCUT2D eigenvalue weighted by molar-refractivity contribution is 6.07. The minimum Gasteiger partial charge on any atom is -0.460 e. The van der Waals surface area contributed by atoms with E-state index in [9.17, 15) is 0 Å². The Morgan fingerprint density at radius 3 is 2.17 bits per heavy atom. The van der Waals surface area contributed by atoms with Gasteiger partial charge in [0.2, 0.25) is 0 Å². The largest absolute Gasteiger partial charge is 0.460 e. The van der Waals surface area contributed by atoms with E-state index in [0.717, 1.165) is 64.3 Å². The normalized spacial score (nSPS) is 17.0. The summed E-state index contributed by atoms with van der Waals surface area (Å²) in [7, 11) is 0. The van der Waals surface area contributed by atoms with Gasteiger partial charge in [-0.05, 0) is 71.5 Å². The van der Waals surface area contributed by atoms with E-state index in [-0.39, 0.29) is 11.3 Å². The summed E-state index contributed by atoms with van der Waals surface area (Å²) < 4.78 is 13.1. The Morgan fingerprint density at radius 1 is 0.630 bits per heavy atom.